The Labute approximate surface area is 94.2 Å². The maximum absolute atomic E-state index is 6.02. The number of nitrogens with two attached hydrogens (primary N) is 1. The van der Waals surface area contributed by atoms with Crippen LogP contribution in [0.2, 0.25) is 0 Å². The van der Waals surface area contributed by atoms with Gasteiger partial charge in [-0.25, -0.2) is 0 Å². The van der Waals surface area contributed by atoms with Crippen molar-refractivity contribution in [2.75, 3.05) is 26.2 Å². The highest BCUT2D eigenvalue weighted by Crippen LogP contribution is 2.37. The molecule has 2 heteroatoms. The van der Waals surface area contributed by atoms with Crippen LogP contribution in [-0.2, 0) is 0 Å². The second-order valence-electron chi connectivity index (χ2n) is 5.89. The largest absolute Gasteiger partial charge is 0.330 e. The predicted molar refractivity (Wildman–Crippen MR) is 64.8 cm³/mol. The summed E-state index contributed by atoms with van der Waals surface area (Å²) < 4.78 is 0. The molecule has 1 heterocycles. The van der Waals surface area contributed by atoms with E-state index in [0.717, 1.165) is 12.5 Å². The van der Waals surface area contributed by atoms with Gasteiger partial charge < -0.3 is 10.6 Å². The average Bonchev–Trinajstić information content (AvgIpc) is 2.65. The Morgan fingerprint density at radius 3 is 2.53 bits per heavy atom. The first-order valence-electron chi connectivity index (χ1n) is 6.66. The Bertz CT molecular complexity index is 197. The number of hydrogen-bond donors (Lipinski definition) is 1. The SMILES string of the molecule is CC1CCN(CC2(CN)CCCCC2)C1. The highest BCUT2D eigenvalue weighted by atomic mass is 15.2. The van der Waals surface area contributed by atoms with E-state index in [9.17, 15) is 0 Å². The quantitative estimate of drug-likeness (QED) is 0.774. The van der Waals surface area contributed by atoms with Crippen molar-refractivity contribution in [1.82, 2.24) is 4.90 Å². The van der Waals surface area contributed by atoms with Crippen LogP contribution < -0.4 is 5.73 Å². The Morgan fingerprint density at radius 2 is 2.00 bits per heavy atom. The van der Waals surface area contributed by atoms with E-state index in [4.69, 9.17) is 5.73 Å². The molecule has 1 atom stereocenters. The van der Waals surface area contributed by atoms with Crippen LogP contribution in [0.15, 0.2) is 0 Å². The van der Waals surface area contributed by atoms with Crippen molar-refractivity contribution in [1.29, 1.82) is 0 Å². The lowest BCUT2D eigenvalue weighted by Crippen LogP contribution is -2.43. The molecule has 1 aliphatic carbocycles. The molecule has 2 nitrogen and oxygen atoms in total. The third kappa shape index (κ3) is 2.73. The van der Waals surface area contributed by atoms with E-state index in [2.05, 4.69) is 11.8 Å². The fraction of sp³-hybridized carbons (Fsp3) is 1.00. The van der Waals surface area contributed by atoms with Crippen LogP contribution in [0.5, 0.6) is 0 Å². The minimum atomic E-state index is 0.475. The zero-order valence-electron chi connectivity index (χ0n) is 10.2. The van der Waals surface area contributed by atoms with Crippen LogP contribution >= 0.6 is 0 Å². The maximum atomic E-state index is 6.02. The molecule has 1 unspecified atom stereocenters. The molecule has 88 valence electrons. The fourth-order valence-electron chi connectivity index (χ4n) is 3.37. The number of nitrogens with zero attached hydrogens (tertiary/aromatic N) is 1. The highest BCUT2D eigenvalue weighted by Gasteiger charge is 2.34. The second-order valence-corrected chi connectivity index (χ2v) is 5.89. The number of rotatable bonds is 3. The van der Waals surface area contributed by atoms with Crippen molar-refractivity contribution in [3.05, 3.63) is 0 Å². The van der Waals surface area contributed by atoms with Gasteiger partial charge in [-0.3, -0.25) is 0 Å². The highest BCUT2D eigenvalue weighted by molar-refractivity contribution is 4.88. The normalized spacial score (nSPS) is 32.0. The predicted octanol–water partition coefficient (Wildman–Crippen LogP) is 2.24. The first-order chi connectivity index (χ1) is 7.24. The molecule has 2 fully saturated rings. The summed E-state index contributed by atoms with van der Waals surface area (Å²) >= 11 is 0. The lowest BCUT2D eigenvalue weighted by molar-refractivity contribution is 0.125. The van der Waals surface area contributed by atoms with Gasteiger partial charge in [-0.15, -0.1) is 0 Å². The van der Waals surface area contributed by atoms with Crippen molar-refractivity contribution < 1.29 is 0 Å². The lowest BCUT2D eigenvalue weighted by atomic mass is 9.74. The summed E-state index contributed by atoms with van der Waals surface area (Å²) in [5.41, 5.74) is 6.50. The smallest absolute Gasteiger partial charge is 0.00502 e. The zero-order chi connectivity index (χ0) is 10.7. The van der Waals surface area contributed by atoms with Crippen molar-refractivity contribution in [2.24, 2.45) is 17.1 Å². The van der Waals surface area contributed by atoms with Gasteiger partial charge in [0.25, 0.3) is 0 Å². The molecule has 0 radical (unpaired) electrons. The molecule has 0 amide bonds. The summed E-state index contributed by atoms with van der Waals surface area (Å²) in [5, 5.41) is 0. The molecule has 15 heavy (non-hydrogen) atoms. The Hall–Kier alpha value is -0.0800. The van der Waals surface area contributed by atoms with Crippen molar-refractivity contribution in [2.45, 2.75) is 45.4 Å². The molecule has 0 spiro atoms. The summed E-state index contributed by atoms with van der Waals surface area (Å²) in [6.45, 7) is 7.16. The van der Waals surface area contributed by atoms with E-state index < -0.39 is 0 Å². The molecule has 2 aliphatic rings. The first-order valence-corrected chi connectivity index (χ1v) is 6.66. The third-order valence-corrected chi connectivity index (χ3v) is 4.41. The fourth-order valence-corrected chi connectivity index (χ4v) is 3.37. The van der Waals surface area contributed by atoms with Crippen LogP contribution in [0.3, 0.4) is 0 Å². The molecule has 0 aromatic rings. The summed E-state index contributed by atoms with van der Waals surface area (Å²) in [5.74, 6) is 0.906. The van der Waals surface area contributed by atoms with Crippen LogP contribution in [0.1, 0.15) is 45.4 Å². The molecule has 1 saturated heterocycles. The van der Waals surface area contributed by atoms with E-state index in [1.165, 1.54) is 58.2 Å². The molecule has 0 aromatic heterocycles. The lowest BCUT2D eigenvalue weighted by Gasteiger charge is -2.39. The molecular weight excluding hydrogens is 184 g/mol. The standard InChI is InChI=1S/C13H26N2/c1-12-5-8-15(9-12)11-13(10-14)6-3-2-4-7-13/h12H,2-11,14H2,1H3. The minimum absolute atomic E-state index is 0.475. The van der Waals surface area contributed by atoms with Gasteiger partial charge in [-0.1, -0.05) is 26.2 Å². The van der Waals surface area contributed by atoms with E-state index in [0.29, 0.717) is 5.41 Å². The molecule has 2 rings (SSSR count). The van der Waals surface area contributed by atoms with Crippen LogP contribution in [0.25, 0.3) is 0 Å². The summed E-state index contributed by atoms with van der Waals surface area (Å²) in [4.78, 5) is 2.66. The first kappa shape index (κ1) is 11.4. The van der Waals surface area contributed by atoms with E-state index in [1.807, 2.05) is 0 Å². The second kappa shape index (κ2) is 4.84. The van der Waals surface area contributed by atoms with Gasteiger partial charge in [0, 0.05) is 13.1 Å². The summed E-state index contributed by atoms with van der Waals surface area (Å²) in [7, 11) is 0. The van der Waals surface area contributed by atoms with E-state index >= 15 is 0 Å². The minimum Gasteiger partial charge on any atom is -0.330 e. The topological polar surface area (TPSA) is 29.3 Å². The number of likely N-dealkylation sites (tertiary alicyclic amines) is 1. The van der Waals surface area contributed by atoms with Gasteiger partial charge in [0.1, 0.15) is 0 Å². The number of hydrogen-bond acceptors (Lipinski definition) is 2. The molecular formula is C13H26N2. The van der Waals surface area contributed by atoms with Crippen molar-refractivity contribution in [3.8, 4) is 0 Å². The Morgan fingerprint density at radius 1 is 1.27 bits per heavy atom. The summed E-state index contributed by atoms with van der Waals surface area (Å²) in [6.07, 6.45) is 8.36. The monoisotopic (exact) mass is 210 g/mol. The van der Waals surface area contributed by atoms with Gasteiger partial charge >= 0.3 is 0 Å². The van der Waals surface area contributed by atoms with Gasteiger partial charge in [0.05, 0.1) is 0 Å². The van der Waals surface area contributed by atoms with Crippen LogP contribution in [0, 0.1) is 11.3 Å². The van der Waals surface area contributed by atoms with Gasteiger partial charge in [-0.2, -0.15) is 0 Å². The third-order valence-electron chi connectivity index (χ3n) is 4.41. The Balaban J connectivity index is 1.89. The molecule has 1 saturated carbocycles. The van der Waals surface area contributed by atoms with Crippen molar-refractivity contribution in [3.63, 3.8) is 0 Å². The Kier molecular flexibility index (Phi) is 3.68. The maximum Gasteiger partial charge on any atom is 0.00502 e. The molecule has 1 aliphatic heterocycles. The van der Waals surface area contributed by atoms with E-state index in [-0.39, 0.29) is 0 Å². The molecule has 0 aromatic carbocycles. The average molecular weight is 210 g/mol. The summed E-state index contributed by atoms with van der Waals surface area (Å²) in [6, 6.07) is 0. The van der Waals surface area contributed by atoms with Crippen LogP contribution in [0.4, 0.5) is 0 Å². The van der Waals surface area contributed by atoms with Gasteiger partial charge in [-0.05, 0) is 43.7 Å². The molecule has 0 bridgehead atoms. The van der Waals surface area contributed by atoms with Crippen LogP contribution in [-0.4, -0.2) is 31.1 Å². The van der Waals surface area contributed by atoms with Gasteiger partial charge in [0.15, 0.2) is 0 Å². The van der Waals surface area contributed by atoms with Gasteiger partial charge in [0.2, 0.25) is 0 Å². The van der Waals surface area contributed by atoms with Crippen molar-refractivity contribution >= 4 is 0 Å². The zero-order valence-corrected chi connectivity index (χ0v) is 10.2. The molecule has 2 N–H and O–H groups in total. The van der Waals surface area contributed by atoms with E-state index in [1.54, 1.807) is 0 Å².